The maximum Gasteiger partial charge on any atom is 0.258 e. The second kappa shape index (κ2) is 13.2. The summed E-state index contributed by atoms with van der Waals surface area (Å²) in [5.74, 6) is -3.37. The Kier molecular flexibility index (Phi) is 9.90. The van der Waals surface area contributed by atoms with E-state index < -0.39 is 41.9 Å². The standard InChI is InChI=1S/C31H40F3N3O3/c1-20-23(11-7-12-26(20)32)28-24(29(39)21-9-6-10-22(38)17-21)18-36(15-5-4-14-35(2)3)19-25(28)31(40)37-16-8-13-27(37)30(33)34/h6-7,9-12,17,24-25,27-28,30,38H,4-5,8,13-16,18-19H2,1-3H3/t24-,25+,27-,28-/m0/s1. The quantitative estimate of drug-likeness (QED) is 0.330. The summed E-state index contributed by atoms with van der Waals surface area (Å²) in [6.45, 7) is 4.07. The van der Waals surface area contributed by atoms with E-state index in [-0.39, 0.29) is 24.5 Å². The smallest absolute Gasteiger partial charge is 0.258 e. The molecule has 218 valence electrons. The van der Waals surface area contributed by atoms with Crippen LogP contribution in [-0.4, -0.2) is 90.8 Å². The number of unbranched alkanes of at least 4 members (excludes halogenated alkanes) is 1. The molecule has 2 fully saturated rings. The lowest BCUT2D eigenvalue weighted by Crippen LogP contribution is -2.55. The molecule has 1 amide bonds. The molecule has 2 aromatic carbocycles. The molecular formula is C31H40F3N3O3. The van der Waals surface area contributed by atoms with Crippen molar-refractivity contribution in [3.63, 3.8) is 0 Å². The van der Waals surface area contributed by atoms with Crippen molar-refractivity contribution in [2.24, 2.45) is 11.8 Å². The molecule has 2 aliphatic rings. The van der Waals surface area contributed by atoms with Gasteiger partial charge in [-0.05, 0) is 89.1 Å². The molecule has 4 rings (SSSR count). The number of aromatic hydroxyl groups is 1. The van der Waals surface area contributed by atoms with Gasteiger partial charge < -0.3 is 19.8 Å². The summed E-state index contributed by atoms with van der Waals surface area (Å²) in [5.41, 5.74) is 1.21. The summed E-state index contributed by atoms with van der Waals surface area (Å²) in [5, 5.41) is 10.1. The molecular weight excluding hydrogens is 519 g/mol. The van der Waals surface area contributed by atoms with Crippen molar-refractivity contribution in [3.05, 3.63) is 65.0 Å². The lowest BCUT2D eigenvalue weighted by atomic mass is 9.69. The molecule has 2 aromatic rings. The first-order valence-corrected chi connectivity index (χ1v) is 14.1. The van der Waals surface area contributed by atoms with Crippen LogP contribution >= 0.6 is 0 Å². The highest BCUT2D eigenvalue weighted by molar-refractivity contribution is 5.99. The van der Waals surface area contributed by atoms with Crippen LogP contribution < -0.4 is 0 Å². The number of alkyl halides is 2. The molecule has 0 saturated carbocycles. The van der Waals surface area contributed by atoms with Gasteiger partial charge in [-0.3, -0.25) is 9.59 Å². The van der Waals surface area contributed by atoms with Gasteiger partial charge in [0.05, 0.1) is 12.0 Å². The maximum atomic E-state index is 14.9. The SMILES string of the molecule is Cc1c(F)cccc1[C@H]1[C@@H](C(=O)c2cccc(O)c2)CN(CCCCN(C)C)C[C@H]1C(=O)N1CCC[C@H]1C(F)F. The van der Waals surface area contributed by atoms with Crippen LogP contribution in [0.3, 0.4) is 0 Å². The fourth-order valence-corrected chi connectivity index (χ4v) is 6.40. The third-order valence-electron chi connectivity index (χ3n) is 8.43. The van der Waals surface area contributed by atoms with Gasteiger partial charge in [-0.1, -0.05) is 24.3 Å². The zero-order chi connectivity index (χ0) is 29.0. The third-order valence-corrected chi connectivity index (χ3v) is 8.43. The Morgan fingerprint density at radius 1 is 1.07 bits per heavy atom. The molecule has 0 bridgehead atoms. The number of likely N-dealkylation sites (tertiary alicyclic amines) is 2. The predicted molar refractivity (Wildman–Crippen MR) is 148 cm³/mol. The maximum absolute atomic E-state index is 14.9. The number of halogens is 3. The van der Waals surface area contributed by atoms with Gasteiger partial charge in [0.15, 0.2) is 5.78 Å². The van der Waals surface area contributed by atoms with Gasteiger partial charge in [0, 0.05) is 37.0 Å². The molecule has 0 unspecified atom stereocenters. The minimum atomic E-state index is -2.66. The number of amides is 1. The zero-order valence-electron chi connectivity index (χ0n) is 23.5. The molecule has 9 heteroatoms. The van der Waals surface area contributed by atoms with Gasteiger partial charge in [-0.25, -0.2) is 13.2 Å². The van der Waals surface area contributed by atoms with Crippen LogP contribution in [-0.2, 0) is 4.79 Å². The van der Waals surface area contributed by atoms with E-state index in [2.05, 4.69) is 9.80 Å². The van der Waals surface area contributed by atoms with Crippen LogP contribution in [0.15, 0.2) is 42.5 Å². The minimum absolute atomic E-state index is 0.0508. The lowest BCUT2D eigenvalue weighted by Gasteiger charge is -2.45. The number of phenolic OH excluding ortho intramolecular Hbond substituents is 1. The Bertz CT molecular complexity index is 1190. The minimum Gasteiger partial charge on any atom is -0.508 e. The van der Waals surface area contributed by atoms with E-state index in [0.29, 0.717) is 42.7 Å². The van der Waals surface area contributed by atoms with Crippen molar-refractivity contribution in [3.8, 4) is 5.75 Å². The van der Waals surface area contributed by atoms with E-state index in [4.69, 9.17) is 0 Å². The molecule has 0 aromatic heterocycles. The number of piperidine rings is 1. The molecule has 40 heavy (non-hydrogen) atoms. The summed E-state index contributed by atoms with van der Waals surface area (Å²) in [7, 11) is 4.00. The average Bonchev–Trinajstić information content (AvgIpc) is 3.42. The van der Waals surface area contributed by atoms with E-state index in [0.717, 1.165) is 19.4 Å². The van der Waals surface area contributed by atoms with Gasteiger partial charge in [0.2, 0.25) is 5.91 Å². The number of carbonyl (C=O) groups excluding carboxylic acids is 2. The van der Waals surface area contributed by atoms with E-state index >= 15 is 0 Å². The molecule has 2 saturated heterocycles. The normalized spacial score (nSPS) is 23.8. The van der Waals surface area contributed by atoms with Crippen LogP contribution in [0.25, 0.3) is 0 Å². The summed E-state index contributed by atoms with van der Waals surface area (Å²) >= 11 is 0. The first-order valence-electron chi connectivity index (χ1n) is 14.1. The molecule has 2 aliphatic heterocycles. The summed E-state index contributed by atoms with van der Waals surface area (Å²) in [4.78, 5) is 33.7. The number of benzene rings is 2. The number of ketones is 1. The van der Waals surface area contributed by atoms with Crippen molar-refractivity contribution in [1.29, 1.82) is 0 Å². The lowest BCUT2D eigenvalue weighted by molar-refractivity contribution is -0.142. The second-order valence-corrected chi connectivity index (χ2v) is 11.5. The molecule has 0 radical (unpaired) electrons. The van der Waals surface area contributed by atoms with Crippen molar-refractivity contribution < 1.29 is 27.9 Å². The highest BCUT2D eigenvalue weighted by Gasteiger charge is 2.48. The first kappa shape index (κ1) is 30.1. The first-order chi connectivity index (χ1) is 19.1. The van der Waals surface area contributed by atoms with Crippen molar-refractivity contribution in [2.75, 3.05) is 46.8 Å². The molecule has 2 heterocycles. The van der Waals surface area contributed by atoms with Crippen LogP contribution in [0.5, 0.6) is 5.75 Å². The van der Waals surface area contributed by atoms with E-state index in [1.54, 1.807) is 31.2 Å². The van der Waals surface area contributed by atoms with Crippen LogP contribution in [0.2, 0.25) is 0 Å². The number of rotatable bonds is 10. The average molecular weight is 560 g/mol. The van der Waals surface area contributed by atoms with E-state index in [1.165, 1.54) is 23.1 Å². The monoisotopic (exact) mass is 559 g/mol. The zero-order valence-corrected chi connectivity index (χ0v) is 23.5. The fraction of sp³-hybridized carbons (Fsp3) is 0.548. The second-order valence-electron chi connectivity index (χ2n) is 11.5. The highest BCUT2D eigenvalue weighted by atomic mass is 19.3. The van der Waals surface area contributed by atoms with Gasteiger partial charge in [-0.2, -0.15) is 0 Å². The number of nitrogens with zero attached hydrogens (tertiary/aromatic N) is 3. The number of phenols is 1. The van der Waals surface area contributed by atoms with Crippen molar-refractivity contribution >= 4 is 11.7 Å². The Morgan fingerprint density at radius 3 is 2.50 bits per heavy atom. The number of carbonyl (C=O) groups is 2. The Hall–Kier alpha value is -2.91. The van der Waals surface area contributed by atoms with E-state index in [9.17, 15) is 27.9 Å². The number of hydrogen-bond acceptors (Lipinski definition) is 5. The van der Waals surface area contributed by atoms with Gasteiger partial charge in [-0.15, -0.1) is 0 Å². The fourth-order valence-electron chi connectivity index (χ4n) is 6.40. The van der Waals surface area contributed by atoms with Crippen LogP contribution in [0.4, 0.5) is 13.2 Å². The molecule has 4 atom stereocenters. The summed E-state index contributed by atoms with van der Waals surface area (Å²) < 4.78 is 42.7. The Balaban J connectivity index is 1.76. The Morgan fingerprint density at radius 2 is 1.80 bits per heavy atom. The molecule has 0 spiro atoms. The van der Waals surface area contributed by atoms with Crippen LogP contribution in [0.1, 0.15) is 53.1 Å². The largest absolute Gasteiger partial charge is 0.508 e. The predicted octanol–water partition coefficient (Wildman–Crippen LogP) is 4.95. The number of hydrogen-bond donors (Lipinski definition) is 1. The van der Waals surface area contributed by atoms with Crippen molar-refractivity contribution in [1.82, 2.24) is 14.7 Å². The van der Waals surface area contributed by atoms with Gasteiger partial charge in [0.25, 0.3) is 6.43 Å². The third kappa shape index (κ3) is 6.69. The topological polar surface area (TPSA) is 64.1 Å². The van der Waals surface area contributed by atoms with E-state index in [1.807, 2.05) is 14.1 Å². The van der Waals surface area contributed by atoms with Crippen molar-refractivity contribution in [2.45, 2.75) is 51.0 Å². The molecule has 0 aliphatic carbocycles. The van der Waals surface area contributed by atoms with Crippen LogP contribution in [0, 0.1) is 24.6 Å². The highest BCUT2D eigenvalue weighted by Crippen LogP contribution is 2.43. The molecule has 6 nitrogen and oxygen atoms in total. The Labute approximate surface area is 234 Å². The number of Topliss-reactive ketones (excluding diaryl/α,β-unsaturated/α-hetero) is 1. The van der Waals surface area contributed by atoms with Gasteiger partial charge in [0.1, 0.15) is 11.6 Å². The van der Waals surface area contributed by atoms with Gasteiger partial charge >= 0.3 is 0 Å². The molecule has 1 N–H and O–H groups in total. The summed E-state index contributed by atoms with van der Waals surface area (Å²) in [6.07, 6.45) is -0.147. The summed E-state index contributed by atoms with van der Waals surface area (Å²) in [6, 6.07) is 9.59.